The summed E-state index contributed by atoms with van der Waals surface area (Å²) in [5.74, 6) is 2.21. The van der Waals surface area contributed by atoms with E-state index in [4.69, 9.17) is 23.9 Å². The second-order valence-electron chi connectivity index (χ2n) is 7.70. The number of aryl methyl sites for hydroxylation is 1. The van der Waals surface area contributed by atoms with Gasteiger partial charge < -0.3 is 24.3 Å². The van der Waals surface area contributed by atoms with E-state index in [9.17, 15) is 4.79 Å². The Balaban J connectivity index is 1.90. The van der Waals surface area contributed by atoms with Crippen LogP contribution in [-0.2, 0) is 4.74 Å². The fourth-order valence-corrected chi connectivity index (χ4v) is 5.27. The van der Waals surface area contributed by atoms with Crippen LogP contribution in [0.4, 0.5) is 5.82 Å². The van der Waals surface area contributed by atoms with Gasteiger partial charge in [-0.3, -0.25) is 4.40 Å². The number of carbonyl (C=O) groups excluding carboxylic acids is 1. The number of imidazole rings is 1. The molecule has 3 aromatic rings. The number of aromatic nitrogens is 2. The van der Waals surface area contributed by atoms with E-state index in [1.165, 1.54) is 24.2 Å². The Labute approximate surface area is 191 Å². The van der Waals surface area contributed by atoms with Crippen LogP contribution in [0, 0.1) is 6.92 Å². The van der Waals surface area contributed by atoms with Gasteiger partial charge in [-0.05, 0) is 38.8 Å². The lowest BCUT2D eigenvalue weighted by Gasteiger charge is -2.17. The molecule has 0 saturated heterocycles. The van der Waals surface area contributed by atoms with Gasteiger partial charge in [0.1, 0.15) is 16.4 Å². The molecule has 0 aliphatic heterocycles. The number of carbonyl (C=O) groups is 1. The van der Waals surface area contributed by atoms with Crippen LogP contribution in [0.1, 0.15) is 48.0 Å². The monoisotopic (exact) mass is 459 g/mol. The van der Waals surface area contributed by atoms with Crippen LogP contribution in [0.5, 0.6) is 17.2 Å². The van der Waals surface area contributed by atoms with Crippen LogP contribution in [-0.4, -0.2) is 49.3 Å². The minimum atomic E-state index is -0.318. The van der Waals surface area contributed by atoms with E-state index in [0.717, 1.165) is 40.6 Å². The zero-order valence-corrected chi connectivity index (χ0v) is 19.9. The van der Waals surface area contributed by atoms with Crippen molar-refractivity contribution in [3.8, 4) is 28.5 Å². The average Bonchev–Trinajstić information content (AvgIpc) is 3.51. The molecular formula is C23H29N3O5S. The molecule has 2 heterocycles. The lowest BCUT2D eigenvalue weighted by Crippen LogP contribution is -2.17. The number of hydrogen-bond donors (Lipinski definition) is 1. The van der Waals surface area contributed by atoms with Crippen LogP contribution in [0.3, 0.4) is 0 Å². The molecule has 1 aromatic carbocycles. The Morgan fingerprint density at radius 3 is 2.38 bits per heavy atom. The van der Waals surface area contributed by atoms with Crippen molar-refractivity contribution in [2.24, 2.45) is 0 Å². The Bertz CT molecular complexity index is 1110. The Morgan fingerprint density at radius 1 is 1.16 bits per heavy atom. The van der Waals surface area contributed by atoms with Gasteiger partial charge in [0.15, 0.2) is 16.5 Å². The first-order chi connectivity index (χ1) is 15.5. The number of thiazole rings is 1. The van der Waals surface area contributed by atoms with Gasteiger partial charge in [-0.2, -0.15) is 0 Å². The highest BCUT2D eigenvalue weighted by molar-refractivity contribution is 7.19. The molecule has 1 N–H and O–H groups in total. The molecule has 0 spiro atoms. The van der Waals surface area contributed by atoms with E-state index in [-0.39, 0.29) is 5.97 Å². The predicted molar refractivity (Wildman–Crippen MR) is 125 cm³/mol. The molecule has 172 valence electrons. The fourth-order valence-electron chi connectivity index (χ4n) is 4.25. The summed E-state index contributed by atoms with van der Waals surface area (Å²) in [7, 11) is 4.78. The maximum atomic E-state index is 12.5. The van der Waals surface area contributed by atoms with Crippen LogP contribution in [0.2, 0.25) is 0 Å². The minimum absolute atomic E-state index is 0.318. The van der Waals surface area contributed by atoms with Gasteiger partial charge in [0.25, 0.3) is 0 Å². The number of fused-ring (bicyclic) bond motifs is 1. The third-order valence-corrected chi connectivity index (χ3v) is 6.92. The number of anilines is 1. The van der Waals surface area contributed by atoms with E-state index < -0.39 is 0 Å². The van der Waals surface area contributed by atoms with Crippen molar-refractivity contribution in [2.75, 3.05) is 33.3 Å². The Kier molecular flexibility index (Phi) is 6.45. The lowest BCUT2D eigenvalue weighted by molar-refractivity contribution is 0.0531. The highest BCUT2D eigenvalue weighted by atomic mass is 32.1. The smallest absolute Gasteiger partial charge is 0.350 e. The average molecular weight is 460 g/mol. The zero-order chi connectivity index (χ0) is 22.8. The van der Waals surface area contributed by atoms with Crippen molar-refractivity contribution in [1.29, 1.82) is 0 Å². The van der Waals surface area contributed by atoms with Crippen molar-refractivity contribution in [3.63, 3.8) is 0 Å². The fraction of sp³-hybridized carbons (Fsp3) is 0.478. The molecule has 1 fully saturated rings. The Hall–Kier alpha value is -2.94. The maximum Gasteiger partial charge on any atom is 0.350 e. The normalized spacial score (nSPS) is 14.0. The quantitative estimate of drug-likeness (QED) is 0.478. The molecule has 32 heavy (non-hydrogen) atoms. The molecular weight excluding hydrogens is 430 g/mol. The summed E-state index contributed by atoms with van der Waals surface area (Å²) >= 11 is 1.34. The summed E-state index contributed by atoms with van der Waals surface area (Å²) in [4.78, 5) is 18.7. The summed E-state index contributed by atoms with van der Waals surface area (Å²) in [5, 5.41) is 3.70. The molecule has 9 heteroatoms. The summed E-state index contributed by atoms with van der Waals surface area (Å²) < 4.78 is 23.8. The van der Waals surface area contributed by atoms with Gasteiger partial charge in [0.2, 0.25) is 5.75 Å². The molecule has 8 nitrogen and oxygen atoms in total. The molecule has 4 rings (SSSR count). The van der Waals surface area contributed by atoms with Crippen molar-refractivity contribution >= 4 is 28.1 Å². The van der Waals surface area contributed by atoms with Gasteiger partial charge in [-0.15, -0.1) is 0 Å². The number of esters is 1. The standard InChI is InChI=1S/C23H29N3O5S/c1-6-31-22(27)20-13(2)26-21(24-15-9-7-8-10-15)18(25-23(26)32-20)14-11-16(28-3)19(30-5)17(12-14)29-4/h11-12,15,24H,6-10H2,1-5H3. The molecule has 0 atom stereocenters. The first kappa shape index (κ1) is 22.3. The maximum absolute atomic E-state index is 12.5. The van der Waals surface area contributed by atoms with Crippen LogP contribution >= 0.6 is 11.3 Å². The molecule has 1 aliphatic rings. The van der Waals surface area contributed by atoms with Gasteiger partial charge in [0.05, 0.1) is 27.9 Å². The molecule has 2 aromatic heterocycles. The zero-order valence-electron chi connectivity index (χ0n) is 19.1. The van der Waals surface area contributed by atoms with E-state index >= 15 is 0 Å². The summed E-state index contributed by atoms with van der Waals surface area (Å²) in [6.45, 7) is 4.07. The molecule has 0 unspecified atom stereocenters. The number of ether oxygens (including phenoxy) is 4. The molecule has 1 aliphatic carbocycles. The highest BCUT2D eigenvalue weighted by Gasteiger charge is 2.27. The van der Waals surface area contributed by atoms with Crippen molar-refractivity contribution in [1.82, 2.24) is 9.38 Å². The lowest BCUT2D eigenvalue weighted by atomic mass is 10.1. The van der Waals surface area contributed by atoms with E-state index in [0.29, 0.717) is 34.8 Å². The summed E-state index contributed by atoms with van der Waals surface area (Å²) in [6.07, 6.45) is 4.62. The number of nitrogens with one attached hydrogen (secondary N) is 1. The van der Waals surface area contributed by atoms with Crippen LogP contribution in [0.15, 0.2) is 12.1 Å². The van der Waals surface area contributed by atoms with Crippen molar-refractivity contribution in [3.05, 3.63) is 22.7 Å². The van der Waals surface area contributed by atoms with Crippen LogP contribution in [0.25, 0.3) is 16.2 Å². The number of nitrogens with zero attached hydrogens (tertiary/aromatic N) is 2. The number of rotatable bonds is 8. The third kappa shape index (κ3) is 3.85. The van der Waals surface area contributed by atoms with Crippen LogP contribution < -0.4 is 19.5 Å². The van der Waals surface area contributed by atoms with E-state index in [1.54, 1.807) is 21.3 Å². The topological polar surface area (TPSA) is 83.3 Å². The SMILES string of the molecule is CCOC(=O)c1sc2nc(-c3cc(OC)c(OC)c(OC)c3)c(NC3CCCC3)n2c1C. The first-order valence-corrected chi connectivity index (χ1v) is 11.6. The first-order valence-electron chi connectivity index (χ1n) is 10.8. The van der Waals surface area contributed by atoms with Crippen molar-refractivity contribution < 1.29 is 23.7 Å². The second kappa shape index (κ2) is 9.28. The summed E-state index contributed by atoms with van der Waals surface area (Å²) in [5.41, 5.74) is 2.43. The van der Waals surface area contributed by atoms with Gasteiger partial charge >= 0.3 is 5.97 Å². The third-order valence-electron chi connectivity index (χ3n) is 5.80. The highest BCUT2D eigenvalue weighted by Crippen LogP contribution is 2.44. The largest absolute Gasteiger partial charge is 0.493 e. The van der Waals surface area contributed by atoms with Gasteiger partial charge in [-0.25, -0.2) is 9.78 Å². The number of hydrogen-bond acceptors (Lipinski definition) is 8. The molecule has 0 bridgehead atoms. The Morgan fingerprint density at radius 2 is 1.81 bits per heavy atom. The van der Waals surface area contributed by atoms with Gasteiger partial charge in [0, 0.05) is 17.3 Å². The molecule has 1 saturated carbocycles. The summed E-state index contributed by atoms with van der Waals surface area (Å²) in [6, 6.07) is 4.16. The predicted octanol–water partition coefficient (Wildman–Crippen LogP) is 4.93. The van der Waals surface area contributed by atoms with Gasteiger partial charge in [-0.1, -0.05) is 24.2 Å². The van der Waals surface area contributed by atoms with E-state index in [2.05, 4.69) is 5.32 Å². The second-order valence-corrected chi connectivity index (χ2v) is 8.68. The van der Waals surface area contributed by atoms with E-state index in [1.807, 2.05) is 30.4 Å². The molecule has 0 amide bonds. The number of benzene rings is 1. The number of methoxy groups -OCH3 is 3. The van der Waals surface area contributed by atoms with Crippen molar-refractivity contribution in [2.45, 2.75) is 45.6 Å². The molecule has 0 radical (unpaired) electrons. The minimum Gasteiger partial charge on any atom is -0.493 e.